The van der Waals surface area contributed by atoms with Crippen molar-refractivity contribution in [2.24, 2.45) is 0 Å². The van der Waals surface area contributed by atoms with E-state index in [0.29, 0.717) is 16.6 Å². The van der Waals surface area contributed by atoms with Crippen LogP contribution in [0.4, 0.5) is 0 Å². The van der Waals surface area contributed by atoms with Crippen LogP contribution >= 0.6 is 15.9 Å². The molecule has 0 aliphatic rings. The molecule has 1 aromatic rings. The Bertz CT molecular complexity index is 397. The Kier molecular flexibility index (Phi) is 3.91. The van der Waals surface area contributed by atoms with Crippen LogP contribution in [0.5, 0.6) is 0 Å². The van der Waals surface area contributed by atoms with E-state index >= 15 is 0 Å². The lowest BCUT2D eigenvalue weighted by molar-refractivity contribution is 0.0377. The van der Waals surface area contributed by atoms with Gasteiger partial charge in [0.25, 0.3) is 0 Å². The van der Waals surface area contributed by atoms with Crippen molar-refractivity contribution in [3.63, 3.8) is 0 Å². The highest BCUT2D eigenvalue weighted by molar-refractivity contribution is 9.10. The molecule has 0 bridgehead atoms. The highest BCUT2D eigenvalue weighted by Crippen LogP contribution is 2.25. The third-order valence-corrected chi connectivity index (χ3v) is 3.21. The number of carbonyl (C=O) groups is 1. The molecule has 0 saturated carbocycles. The lowest BCUT2D eigenvalue weighted by atomic mass is 9.95. The standard InChI is InChI=1S/C11H17BrN2O2/c1-5-11(4,16)10(15)9-8(12)6-13-14(9)7(2)3/h6-7,16H,5H2,1-4H3. The summed E-state index contributed by atoms with van der Waals surface area (Å²) in [7, 11) is 0. The van der Waals surface area contributed by atoms with Gasteiger partial charge in [-0.1, -0.05) is 6.92 Å². The Morgan fingerprint density at radius 2 is 2.25 bits per heavy atom. The first-order chi connectivity index (χ1) is 7.31. The Hall–Kier alpha value is -0.680. The first kappa shape index (κ1) is 13.4. The van der Waals surface area contributed by atoms with Crippen LogP contribution in [0.3, 0.4) is 0 Å². The van der Waals surface area contributed by atoms with Gasteiger partial charge in [-0.05, 0) is 43.1 Å². The van der Waals surface area contributed by atoms with Gasteiger partial charge >= 0.3 is 0 Å². The fourth-order valence-corrected chi connectivity index (χ4v) is 1.81. The third-order valence-electron chi connectivity index (χ3n) is 2.63. The van der Waals surface area contributed by atoms with Gasteiger partial charge in [-0.3, -0.25) is 9.48 Å². The molecule has 0 spiro atoms. The maximum absolute atomic E-state index is 12.2. The van der Waals surface area contributed by atoms with Crippen LogP contribution in [0.15, 0.2) is 10.7 Å². The van der Waals surface area contributed by atoms with Crippen molar-refractivity contribution >= 4 is 21.7 Å². The first-order valence-corrected chi connectivity index (χ1v) is 6.10. The fraction of sp³-hybridized carbons (Fsp3) is 0.636. The molecule has 0 aliphatic heterocycles. The predicted molar refractivity (Wildman–Crippen MR) is 65.6 cm³/mol. The molecule has 1 atom stereocenters. The second kappa shape index (κ2) is 4.67. The molecule has 1 rings (SSSR count). The smallest absolute Gasteiger partial charge is 0.213 e. The minimum absolute atomic E-state index is 0.0814. The van der Waals surface area contributed by atoms with Gasteiger partial charge in [-0.15, -0.1) is 0 Å². The van der Waals surface area contributed by atoms with Gasteiger partial charge < -0.3 is 5.11 Å². The summed E-state index contributed by atoms with van der Waals surface area (Å²) in [5.74, 6) is -0.298. The van der Waals surface area contributed by atoms with Crippen molar-refractivity contribution in [3.8, 4) is 0 Å². The van der Waals surface area contributed by atoms with E-state index in [-0.39, 0.29) is 11.8 Å². The average Bonchev–Trinajstić information content (AvgIpc) is 2.59. The van der Waals surface area contributed by atoms with Gasteiger partial charge in [-0.25, -0.2) is 0 Å². The number of hydrogen-bond donors (Lipinski definition) is 1. The van der Waals surface area contributed by atoms with Gasteiger partial charge in [0.05, 0.1) is 10.7 Å². The third kappa shape index (κ3) is 2.35. The number of hydrogen-bond acceptors (Lipinski definition) is 3. The highest BCUT2D eigenvalue weighted by Gasteiger charge is 2.33. The summed E-state index contributed by atoms with van der Waals surface area (Å²) in [5, 5.41) is 14.1. The van der Waals surface area contributed by atoms with Crippen molar-refractivity contribution in [2.45, 2.75) is 45.8 Å². The minimum atomic E-state index is -1.34. The number of aromatic nitrogens is 2. The maximum atomic E-state index is 12.2. The summed E-state index contributed by atoms with van der Waals surface area (Å²) in [5.41, 5.74) is -0.906. The molecule has 0 fully saturated rings. The summed E-state index contributed by atoms with van der Waals surface area (Å²) < 4.78 is 2.25. The van der Waals surface area contributed by atoms with Crippen LogP contribution in [-0.4, -0.2) is 26.3 Å². The highest BCUT2D eigenvalue weighted by atomic mass is 79.9. The number of nitrogens with zero attached hydrogens (tertiary/aromatic N) is 2. The van der Waals surface area contributed by atoms with Crippen LogP contribution in [0.2, 0.25) is 0 Å². The largest absolute Gasteiger partial charge is 0.382 e. The summed E-state index contributed by atoms with van der Waals surface area (Å²) in [4.78, 5) is 12.2. The Morgan fingerprint density at radius 3 is 2.69 bits per heavy atom. The molecule has 0 amide bonds. The van der Waals surface area contributed by atoms with Crippen LogP contribution in [0, 0.1) is 0 Å². The zero-order valence-electron chi connectivity index (χ0n) is 9.99. The van der Waals surface area contributed by atoms with Crippen molar-refractivity contribution in [3.05, 3.63) is 16.4 Å². The van der Waals surface area contributed by atoms with Crippen LogP contribution < -0.4 is 0 Å². The number of ketones is 1. The molecule has 0 aromatic carbocycles. The van der Waals surface area contributed by atoms with Gasteiger partial charge in [-0.2, -0.15) is 5.10 Å². The summed E-state index contributed by atoms with van der Waals surface area (Å²) in [6.45, 7) is 7.19. The normalized spacial score (nSPS) is 15.2. The molecule has 0 saturated heterocycles. The molecule has 1 heterocycles. The van der Waals surface area contributed by atoms with Crippen LogP contribution in [-0.2, 0) is 0 Å². The van der Waals surface area contributed by atoms with E-state index < -0.39 is 5.60 Å². The van der Waals surface area contributed by atoms with Gasteiger partial charge in [0.2, 0.25) is 5.78 Å². The van der Waals surface area contributed by atoms with E-state index in [1.807, 2.05) is 13.8 Å². The lowest BCUT2D eigenvalue weighted by Crippen LogP contribution is -2.36. The number of aliphatic hydroxyl groups is 1. The van der Waals surface area contributed by atoms with Gasteiger partial charge in [0, 0.05) is 6.04 Å². The van der Waals surface area contributed by atoms with Crippen molar-refractivity contribution in [1.82, 2.24) is 9.78 Å². The lowest BCUT2D eigenvalue weighted by Gasteiger charge is -2.21. The van der Waals surface area contributed by atoms with Gasteiger partial charge in [0.15, 0.2) is 0 Å². The zero-order valence-corrected chi connectivity index (χ0v) is 11.6. The van der Waals surface area contributed by atoms with Crippen molar-refractivity contribution in [1.29, 1.82) is 0 Å². The van der Waals surface area contributed by atoms with Gasteiger partial charge in [0.1, 0.15) is 11.3 Å². The topological polar surface area (TPSA) is 55.1 Å². The summed E-state index contributed by atoms with van der Waals surface area (Å²) >= 11 is 3.29. The molecule has 1 unspecified atom stereocenters. The Balaban J connectivity index is 3.22. The van der Waals surface area contributed by atoms with Crippen molar-refractivity contribution < 1.29 is 9.90 Å². The molecule has 0 radical (unpaired) electrons. The van der Waals surface area contributed by atoms with E-state index in [1.54, 1.807) is 17.8 Å². The van der Waals surface area contributed by atoms with E-state index in [4.69, 9.17) is 0 Å². The molecule has 16 heavy (non-hydrogen) atoms. The van der Waals surface area contributed by atoms with E-state index in [2.05, 4.69) is 21.0 Å². The minimum Gasteiger partial charge on any atom is -0.382 e. The molecule has 1 N–H and O–H groups in total. The molecule has 0 aliphatic carbocycles. The maximum Gasteiger partial charge on any atom is 0.213 e. The van der Waals surface area contributed by atoms with E-state index in [9.17, 15) is 9.90 Å². The van der Waals surface area contributed by atoms with Crippen molar-refractivity contribution in [2.75, 3.05) is 0 Å². The molecule has 5 heteroatoms. The quantitative estimate of drug-likeness (QED) is 0.867. The monoisotopic (exact) mass is 288 g/mol. The van der Waals surface area contributed by atoms with E-state index in [0.717, 1.165) is 0 Å². The average molecular weight is 289 g/mol. The Morgan fingerprint density at radius 1 is 1.69 bits per heavy atom. The molecule has 1 aromatic heterocycles. The number of Topliss-reactive ketones (excluding diaryl/α,β-unsaturated/α-hetero) is 1. The Labute approximate surface area is 104 Å². The fourth-order valence-electron chi connectivity index (χ4n) is 1.36. The van der Waals surface area contributed by atoms with Crippen LogP contribution in [0.1, 0.15) is 50.6 Å². The predicted octanol–water partition coefficient (Wildman–Crippen LogP) is 2.57. The summed E-state index contributed by atoms with van der Waals surface area (Å²) in [6, 6.07) is 0.0814. The number of carbonyl (C=O) groups excluding carboxylic acids is 1. The second-order valence-electron chi connectivity index (χ2n) is 4.34. The second-order valence-corrected chi connectivity index (χ2v) is 5.19. The van der Waals surface area contributed by atoms with E-state index in [1.165, 1.54) is 6.92 Å². The SMILES string of the molecule is CCC(C)(O)C(=O)c1c(Br)cnn1C(C)C. The van der Waals surface area contributed by atoms with Crippen LogP contribution in [0.25, 0.3) is 0 Å². The number of halogens is 1. The summed E-state index contributed by atoms with van der Waals surface area (Å²) in [6.07, 6.45) is 1.96. The molecule has 4 nitrogen and oxygen atoms in total. The molecule has 90 valence electrons. The molecular weight excluding hydrogens is 272 g/mol. The first-order valence-electron chi connectivity index (χ1n) is 5.31. The zero-order chi connectivity index (χ0) is 12.5. The number of rotatable bonds is 4. The molecular formula is C11H17BrN2O2.